The van der Waals surface area contributed by atoms with E-state index in [4.69, 9.17) is 14.2 Å². The number of amides is 1. The Morgan fingerprint density at radius 2 is 1.85 bits per heavy atom. The Morgan fingerprint density at radius 3 is 2.44 bits per heavy atom. The van der Waals surface area contributed by atoms with Gasteiger partial charge in [0.2, 0.25) is 0 Å². The lowest BCUT2D eigenvalue weighted by Gasteiger charge is -2.24. The lowest BCUT2D eigenvalue weighted by Crippen LogP contribution is -2.49. The van der Waals surface area contributed by atoms with Crippen molar-refractivity contribution in [3.63, 3.8) is 0 Å². The predicted molar refractivity (Wildman–Crippen MR) is 109 cm³/mol. The van der Waals surface area contributed by atoms with E-state index in [9.17, 15) is 4.79 Å². The van der Waals surface area contributed by atoms with Gasteiger partial charge < -0.3 is 30.2 Å². The molecule has 0 aromatic heterocycles. The Balaban J connectivity index is 4.27. The highest BCUT2D eigenvalue weighted by molar-refractivity contribution is 5.80. The van der Waals surface area contributed by atoms with Crippen molar-refractivity contribution in [1.29, 1.82) is 0 Å². The summed E-state index contributed by atoms with van der Waals surface area (Å²) in [6, 6.07) is 0.0848. The number of nitrogens with zero attached hydrogens (tertiary/aromatic N) is 1. The molecule has 1 unspecified atom stereocenters. The zero-order valence-corrected chi connectivity index (χ0v) is 18.0. The molecule has 27 heavy (non-hydrogen) atoms. The second-order valence-corrected chi connectivity index (χ2v) is 7.32. The maximum absolute atomic E-state index is 11.9. The van der Waals surface area contributed by atoms with Gasteiger partial charge >= 0.3 is 6.09 Å². The molecule has 0 spiro atoms. The molecule has 160 valence electrons. The first-order chi connectivity index (χ1) is 12.8. The van der Waals surface area contributed by atoms with Gasteiger partial charge in [-0.2, -0.15) is 0 Å². The minimum atomic E-state index is -0.501. The molecule has 0 aromatic carbocycles. The molecule has 0 saturated carbocycles. The first-order valence-electron chi connectivity index (χ1n) is 9.83. The minimum absolute atomic E-state index is 0.0848. The van der Waals surface area contributed by atoms with Crippen LogP contribution in [0.15, 0.2) is 4.99 Å². The van der Waals surface area contributed by atoms with E-state index in [0.717, 1.165) is 38.2 Å². The number of ether oxygens (including phenoxy) is 3. The first kappa shape index (κ1) is 25.5. The van der Waals surface area contributed by atoms with Crippen LogP contribution in [-0.4, -0.2) is 70.8 Å². The molecule has 0 heterocycles. The molecule has 8 heteroatoms. The van der Waals surface area contributed by atoms with Crippen molar-refractivity contribution in [2.75, 3.05) is 47.1 Å². The van der Waals surface area contributed by atoms with E-state index in [-0.39, 0.29) is 6.04 Å². The number of carbonyl (C=O) groups is 1. The Kier molecular flexibility index (Phi) is 14.6. The van der Waals surface area contributed by atoms with Crippen LogP contribution in [0.4, 0.5) is 4.79 Å². The molecular formula is C19H40N4O4. The van der Waals surface area contributed by atoms with Gasteiger partial charge in [0.05, 0.1) is 13.2 Å². The van der Waals surface area contributed by atoms with Gasteiger partial charge in [0.25, 0.3) is 0 Å². The molecule has 8 nitrogen and oxygen atoms in total. The van der Waals surface area contributed by atoms with E-state index >= 15 is 0 Å². The predicted octanol–water partition coefficient (Wildman–Crippen LogP) is 2.29. The maximum Gasteiger partial charge on any atom is 0.407 e. The molecule has 0 radical (unpaired) electrons. The fraction of sp³-hybridized carbons (Fsp3) is 0.895. The monoisotopic (exact) mass is 388 g/mol. The Morgan fingerprint density at radius 1 is 1.11 bits per heavy atom. The number of guanidine groups is 1. The lowest BCUT2D eigenvalue weighted by molar-refractivity contribution is 0.0522. The SMILES string of the molecule is CCCCC(CNC(=O)OC(C)(C)C)NC(=NC)NCCCOCCOC. The van der Waals surface area contributed by atoms with E-state index in [0.29, 0.717) is 26.4 Å². The minimum Gasteiger partial charge on any atom is -0.444 e. The number of aliphatic imine (C=N–C) groups is 1. The van der Waals surface area contributed by atoms with Crippen molar-refractivity contribution in [2.45, 2.75) is 65.0 Å². The fourth-order valence-corrected chi connectivity index (χ4v) is 2.21. The van der Waals surface area contributed by atoms with Gasteiger partial charge in [0.1, 0.15) is 5.60 Å². The van der Waals surface area contributed by atoms with Gasteiger partial charge in [-0.1, -0.05) is 19.8 Å². The summed E-state index contributed by atoms with van der Waals surface area (Å²) in [5, 5.41) is 9.49. The molecule has 0 rings (SSSR count). The third kappa shape index (κ3) is 16.4. The fourth-order valence-electron chi connectivity index (χ4n) is 2.21. The highest BCUT2D eigenvalue weighted by Crippen LogP contribution is 2.07. The summed E-state index contributed by atoms with van der Waals surface area (Å²) in [5.41, 5.74) is -0.501. The standard InChI is InChI=1S/C19H40N4O4/c1-7-8-10-16(15-22-18(24)27-19(2,3)4)23-17(20-5)21-11-9-12-26-14-13-25-6/h16H,7-15H2,1-6H3,(H,22,24)(H2,20,21,23). The van der Waals surface area contributed by atoms with Crippen LogP contribution in [-0.2, 0) is 14.2 Å². The average molecular weight is 389 g/mol. The highest BCUT2D eigenvalue weighted by Gasteiger charge is 2.18. The van der Waals surface area contributed by atoms with Gasteiger partial charge in [-0.15, -0.1) is 0 Å². The van der Waals surface area contributed by atoms with E-state index in [1.165, 1.54) is 0 Å². The summed E-state index contributed by atoms with van der Waals surface area (Å²) in [4.78, 5) is 16.1. The third-order valence-electron chi connectivity index (χ3n) is 3.55. The molecule has 1 amide bonds. The molecule has 0 fully saturated rings. The van der Waals surface area contributed by atoms with Crippen molar-refractivity contribution < 1.29 is 19.0 Å². The van der Waals surface area contributed by atoms with E-state index in [1.54, 1.807) is 14.2 Å². The Labute approximate surface area is 164 Å². The topological polar surface area (TPSA) is 93.2 Å². The summed E-state index contributed by atoms with van der Waals surface area (Å²) in [5.74, 6) is 0.721. The molecule has 0 aliphatic rings. The van der Waals surface area contributed by atoms with Crippen LogP contribution in [0.1, 0.15) is 53.4 Å². The van der Waals surface area contributed by atoms with Crippen molar-refractivity contribution in [3.05, 3.63) is 0 Å². The quantitative estimate of drug-likeness (QED) is 0.255. The average Bonchev–Trinajstić information content (AvgIpc) is 2.60. The molecule has 0 aliphatic carbocycles. The number of hydrogen-bond donors (Lipinski definition) is 3. The van der Waals surface area contributed by atoms with Gasteiger partial charge in [-0.05, 0) is 33.6 Å². The van der Waals surface area contributed by atoms with Crippen LogP contribution >= 0.6 is 0 Å². The Bertz CT molecular complexity index is 411. The van der Waals surface area contributed by atoms with Gasteiger partial charge in [-0.3, -0.25) is 4.99 Å². The summed E-state index contributed by atoms with van der Waals surface area (Å²) in [6.45, 7) is 10.8. The number of unbranched alkanes of at least 4 members (excludes halogenated alkanes) is 1. The maximum atomic E-state index is 11.9. The number of methoxy groups -OCH3 is 1. The van der Waals surface area contributed by atoms with E-state index in [2.05, 4.69) is 27.9 Å². The van der Waals surface area contributed by atoms with Crippen LogP contribution in [0.25, 0.3) is 0 Å². The van der Waals surface area contributed by atoms with Gasteiger partial charge in [-0.25, -0.2) is 4.79 Å². The van der Waals surface area contributed by atoms with Crippen molar-refractivity contribution in [1.82, 2.24) is 16.0 Å². The third-order valence-corrected chi connectivity index (χ3v) is 3.55. The molecular weight excluding hydrogens is 348 g/mol. The van der Waals surface area contributed by atoms with Crippen LogP contribution in [0.3, 0.4) is 0 Å². The second kappa shape index (κ2) is 15.5. The van der Waals surface area contributed by atoms with Gasteiger partial charge in [0, 0.05) is 39.9 Å². The summed E-state index contributed by atoms with van der Waals surface area (Å²) in [6.07, 6.45) is 3.57. The normalized spacial score (nSPS) is 13.2. The Hall–Kier alpha value is -1.54. The summed E-state index contributed by atoms with van der Waals surface area (Å²) >= 11 is 0. The molecule has 1 atom stereocenters. The number of rotatable bonds is 13. The zero-order valence-electron chi connectivity index (χ0n) is 18.0. The van der Waals surface area contributed by atoms with E-state index < -0.39 is 11.7 Å². The molecule has 3 N–H and O–H groups in total. The highest BCUT2D eigenvalue weighted by atomic mass is 16.6. The number of nitrogens with one attached hydrogen (secondary N) is 3. The molecule has 0 aliphatic heterocycles. The summed E-state index contributed by atoms with van der Waals surface area (Å²) < 4.78 is 15.7. The first-order valence-corrected chi connectivity index (χ1v) is 9.83. The van der Waals surface area contributed by atoms with Crippen LogP contribution in [0.2, 0.25) is 0 Å². The van der Waals surface area contributed by atoms with Crippen molar-refractivity contribution in [2.24, 2.45) is 4.99 Å². The second-order valence-electron chi connectivity index (χ2n) is 7.32. The van der Waals surface area contributed by atoms with Crippen molar-refractivity contribution >= 4 is 12.1 Å². The largest absolute Gasteiger partial charge is 0.444 e. The number of carbonyl (C=O) groups excluding carboxylic acids is 1. The van der Waals surface area contributed by atoms with Crippen LogP contribution in [0.5, 0.6) is 0 Å². The van der Waals surface area contributed by atoms with Crippen molar-refractivity contribution in [3.8, 4) is 0 Å². The molecule has 0 saturated heterocycles. The molecule has 0 aromatic rings. The van der Waals surface area contributed by atoms with Gasteiger partial charge in [0.15, 0.2) is 5.96 Å². The molecule has 0 bridgehead atoms. The van der Waals surface area contributed by atoms with Crippen LogP contribution < -0.4 is 16.0 Å². The van der Waals surface area contributed by atoms with E-state index in [1.807, 2.05) is 20.8 Å². The summed E-state index contributed by atoms with van der Waals surface area (Å²) in [7, 11) is 3.40. The zero-order chi connectivity index (χ0) is 20.5. The lowest BCUT2D eigenvalue weighted by atomic mass is 10.1. The number of alkyl carbamates (subject to hydrolysis) is 1. The van der Waals surface area contributed by atoms with Crippen LogP contribution in [0, 0.1) is 0 Å². The number of hydrogen-bond acceptors (Lipinski definition) is 5. The smallest absolute Gasteiger partial charge is 0.407 e.